The average molecular weight is 440 g/mol. The minimum Gasteiger partial charge on any atom is -0.494 e. The first kappa shape index (κ1) is 21.9. The molecule has 0 saturated heterocycles. The minimum atomic E-state index is -0.274. The fourth-order valence-corrected chi connectivity index (χ4v) is 3.61. The fraction of sp³-hybridized carbons (Fsp3) is 0.111. The van der Waals surface area contributed by atoms with Crippen molar-refractivity contribution in [3.05, 3.63) is 96.1 Å². The van der Waals surface area contributed by atoms with E-state index in [9.17, 15) is 9.59 Å². The second-order valence-corrected chi connectivity index (χ2v) is 7.48. The zero-order valence-electron chi connectivity index (χ0n) is 18.4. The quantitative estimate of drug-likeness (QED) is 0.409. The maximum atomic E-state index is 12.8. The molecule has 0 radical (unpaired) electrons. The van der Waals surface area contributed by atoms with Crippen LogP contribution < -0.4 is 20.1 Å². The number of carbonyl (C=O) groups excluding carboxylic acids is 2. The van der Waals surface area contributed by atoms with Crippen molar-refractivity contribution in [2.24, 2.45) is 0 Å². The third kappa shape index (κ3) is 5.13. The Bertz CT molecular complexity index is 1300. The summed E-state index contributed by atoms with van der Waals surface area (Å²) in [6.45, 7) is 0. The lowest BCUT2D eigenvalue weighted by Gasteiger charge is -2.16. The van der Waals surface area contributed by atoms with Crippen LogP contribution >= 0.6 is 0 Å². The van der Waals surface area contributed by atoms with Gasteiger partial charge in [-0.3, -0.25) is 9.59 Å². The number of hydrogen-bond donors (Lipinski definition) is 2. The van der Waals surface area contributed by atoms with Gasteiger partial charge in [0.05, 0.1) is 32.0 Å². The van der Waals surface area contributed by atoms with Crippen LogP contribution in [0, 0.1) is 0 Å². The average Bonchev–Trinajstić information content (AvgIpc) is 2.85. The summed E-state index contributed by atoms with van der Waals surface area (Å²) in [6, 6.07) is 26.1. The van der Waals surface area contributed by atoms with E-state index < -0.39 is 0 Å². The van der Waals surface area contributed by atoms with Crippen molar-refractivity contribution < 1.29 is 19.1 Å². The molecule has 6 nitrogen and oxygen atoms in total. The highest BCUT2D eigenvalue weighted by Gasteiger charge is 2.16. The van der Waals surface area contributed by atoms with Crippen LogP contribution in [0.4, 0.5) is 11.4 Å². The monoisotopic (exact) mass is 440 g/mol. The van der Waals surface area contributed by atoms with Crippen molar-refractivity contribution in [2.75, 3.05) is 24.9 Å². The lowest BCUT2D eigenvalue weighted by Crippen LogP contribution is -2.16. The number of hydrogen-bond acceptors (Lipinski definition) is 4. The van der Waals surface area contributed by atoms with Gasteiger partial charge in [-0.05, 0) is 28.5 Å². The molecule has 0 unspecified atom stereocenters. The first-order chi connectivity index (χ1) is 16.1. The lowest BCUT2D eigenvalue weighted by atomic mass is 10.0. The third-order valence-electron chi connectivity index (χ3n) is 5.26. The Hall–Kier alpha value is -4.32. The van der Waals surface area contributed by atoms with Crippen LogP contribution in [0.1, 0.15) is 15.9 Å². The number of fused-ring (bicyclic) bond motifs is 1. The van der Waals surface area contributed by atoms with Gasteiger partial charge < -0.3 is 20.1 Å². The van der Waals surface area contributed by atoms with Crippen LogP contribution in [-0.2, 0) is 11.2 Å². The van der Waals surface area contributed by atoms with Gasteiger partial charge in [0.15, 0.2) is 0 Å². The number of amides is 2. The number of anilines is 2. The van der Waals surface area contributed by atoms with Gasteiger partial charge >= 0.3 is 0 Å². The SMILES string of the molecule is COc1cc(NC(=O)c2ccccc2)c(OC)cc1NC(=O)Cc1ccc2ccccc2c1. The number of nitrogens with one attached hydrogen (secondary N) is 2. The standard InChI is InChI=1S/C27H24N2O4/c1-32-24-17-23(29-27(31)20-9-4-3-5-10-20)25(33-2)16-22(24)28-26(30)15-18-12-13-19-8-6-7-11-21(19)14-18/h3-14,16-17H,15H2,1-2H3,(H,28,30)(H,29,31). The smallest absolute Gasteiger partial charge is 0.255 e. The maximum absolute atomic E-state index is 12.8. The number of rotatable bonds is 7. The highest BCUT2D eigenvalue weighted by Crippen LogP contribution is 2.36. The van der Waals surface area contributed by atoms with E-state index >= 15 is 0 Å². The predicted octanol–water partition coefficient (Wildman–Crippen LogP) is 5.29. The molecule has 2 amide bonds. The van der Waals surface area contributed by atoms with Gasteiger partial charge in [-0.15, -0.1) is 0 Å². The maximum Gasteiger partial charge on any atom is 0.255 e. The molecule has 0 bridgehead atoms. The van der Waals surface area contributed by atoms with Crippen LogP contribution in [0.25, 0.3) is 10.8 Å². The molecule has 4 aromatic carbocycles. The van der Waals surface area contributed by atoms with Gasteiger partial charge in [0.25, 0.3) is 5.91 Å². The summed E-state index contributed by atoms with van der Waals surface area (Å²) < 4.78 is 10.9. The first-order valence-corrected chi connectivity index (χ1v) is 10.5. The summed E-state index contributed by atoms with van der Waals surface area (Å²) in [5.41, 5.74) is 2.32. The Balaban J connectivity index is 1.53. The number of carbonyl (C=O) groups is 2. The van der Waals surface area contributed by atoms with Crippen molar-refractivity contribution in [1.29, 1.82) is 0 Å². The summed E-state index contributed by atoms with van der Waals surface area (Å²) in [6.07, 6.45) is 0.211. The first-order valence-electron chi connectivity index (χ1n) is 10.5. The fourth-order valence-electron chi connectivity index (χ4n) is 3.61. The second kappa shape index (κ2) is 9.87. The molecule has 166 valence electrons. The molecule has 0 saturated carbocycles. The van der Waals surface area contributed by atoms with E-state index in [0.29, 0.717) is 28.4 Å². The molecule has 0 spiro atoms. The number of methoxy groups -OCH3 is 2. The molecule has 33 heavy (non-hydrogen) atoms. The summed E-state index contributed by atoms with van der Waals surface area (Å²) in [5, 5.41) is 7.93. The molecule has 6 heteroatoms. The highest BCUT2D eigenvalue weighted by molar-refractivity contribution is 6.05. The molecule has 0 heterocycles. The summed E-state index contributed by atoms with van der Waals surface area (Å²) >= 11 is 0. The minimum absolute atomic E-state index is 0.188. The van der Waals surface area contributed by atoms with Gasteiger partial charge in [0.1, 0.15) is 11.5 Å². The van der Waals surface area contributed by atoms with Crippen molar-refractivity contribution in [3.8, 4) is 11.5 Å². The zero-order chi connectivity index (χ0) is 23.2. The molecule has 0 aromatic heterocycles. The Labute approximate surface area is 192 Å². The normalized spacial score (nSPS) is 10.5. The topological polar surface area (TPSA) is 76.7 Å². The van der Waals surface area contributed by atoms with E-state index in [1.807, 2.05) is 48.5 Å². The molecule has 0 aliphatic carbocycles. The van der Waals surface area contributed by atoms with Crippen molar-refractivity contribution in [3.63, 3.8) is 0 Å². The van der Waals surface area contributed by atoms with Gasteiger partial charge in [0, 0.05) is 17.7 Å². The van der Waals surface area contributed by atoms with E-state index in [-0.39, 0.29) is 18.2 Å². The predicted molar refractivity (Wildman–Crippen MR) is 130 cm³/mol. The van der Waals surface area contributed by atoms with Crippen LogP contribution in [0.5, 0.6) is 11.5 Å². The van der Waals surface area contributed by atoms with E-state index in [0.717, 1.165) is 16.3 Å². The van der Waals surface area contributed by atoms with E-state index in [4.69, 9.17) is 9.47 Å². The Kier molecular flexibility index (Phi) is 6.55. The molecule has 0 aliphatic heterocycles. The van der Waals surface area contributed by atoms with Crippen LogP contribution in [0.3, 0.4) is 0 Å². The molecular weight excluding hydrogens is 416 g/mol. The van der Waals surface area contributed by atoms with E-state index in [1.54, 1.807) is 36.4 Å². The third-order valence-corrected chi connectivity index (χ3v) is 5.26. The van der Waals surface area contributed by atoms with Crippen LogP contribution in [0.2, 0.25) is 0 Å². The summed E-state index contributed by atoms with van der Waals surface area (Å²) in [4.78, 5) is 25.3. The molecule has 4 rings (SSSR count). The van der Waals surface area contributed by atoms with Crippen molar-refractivity contribution >= 4 is 34.0 Å². The van der Waals surface area contributed by atoms with Gasteiger partial charge in [-0.2, -0.15) is 0 Å². The Morgan fingerprint density at radius 1 is 0.697 bits per heavy atom. The molecule has 2 N–H and O–H groups in total. The van der Waals surface area contributed by atoms with Crippen molar-refractivity contribution in [2.45, 2.75) is 6.42 Å². The van der Waals surface area contributed by atoms with Gasteiger partial charge in [-0.1, -0.05) is 60.7 Å². The summed E-state index contributed by atoms with van der Waals surface area (Å²) in [5.74, 6) is 0.350. The number of benzene rings is 4. The molecule has 0 atom stereocenters. The van der Waals surface area contributed by atoms with Crippen molar-refractivity contribution in [1.82, 2.24) is 0 Å². The van der Waals surface area contributed by atoms with Crippen LogP contribution in [0.15, 0.2) is 84.9 Å². The Morgan fingerprint density at radius 3 is 1.97 bits per heavy atom. The lowest BCUT2D eigenvalue weighted by molar-refractivity contribution is -0.115. The summed E-state index contributed by atoms with van der Waals surface area (Å²) in [7, 11) is 3.00. The largest absolute Gasteiger partial charge is 0.494 e. The second-order valence-electron chi connectivity index (χ2n) is 7.48. The number of ether oxygens (including phenoxy) is 2. The van der Waals surface area contributed by atoms with Gasteiger partial charge in [0.2, 0.25) is 5.91 Å². The molecular formula is C27H24N2O4. The van der Waals surface area contributed by atoms with Crippen LogP contribution in [-0.4, -0.2) is 26.0 Å². The highest BCUT2D eigenvalue weighted by atomic mass is 16.5. The zero-order valence-corrected chi connectivity index (χ0v) is 18.4. The van der Waals surface area contributed by atoms with Gasteiger partial charge in [-0.25, -0.2) is 0 Å². The molecule has 4 aromatic rings. The Morgan fingerprint density at radius 2 is 1.30 bits per heavy atom. The molecule has 0 fully saturated rings. The molecule has 0 aliphatic rings. The van der Waals surface area contributed by atoms with E-state index in [1.165, 1.54) is 14.2 Å². The van der Waals surface area contributed by atoms with E-state index in [2.05, 4.69) is 10.6 Å².